The van der Waals surface area contributed by atoms with E-state index in [1.807, 2.05) is 31.2 Å². The van der Waals surface area contributed by atoms with E-state index in [4.69, 9.17) is 16.3 Å². The second-order valence-electron chi connectivity index (χ2n) is 4.87. The molecule has 1 unspecified atom stereocenters. The fourth-order valence-electron chi connectivity index (χ4n) is 2.17. The Labute approximate surface area is 134 Å². The van der Waals surface area contributed by atoms with Crippen molar-refractivity contribution >= 4 is 11.6 Å². The zero-order chi connectivity index (χ0) is 15.9. The SMILES string of the molecule is CCOc1cccc(CNC(CO)c2ccc(Cl)c(F)c2)c1. The van der Waals surface area contributed by atoms with Gasteiger partial charge in [0.25, 0.3) is 0 Å². The molecule has 0 aliphatic carbocycles. The van der Waals surface area contributed by atoms with E-state index >= 15 is 0 Å². The van der Waals surface area contributed by atoms with Gasteiger partial charge in [-0.2, -0.15) is 0 Å². The van der Waals surface area contributed by atoms with Crippen LogP contribution < -0.4 is 10.1 Å². The van der Waals surface area contributed by atoms with Gasteiger partial charge in [0.15, 0.2) is 0 Å². The summed E-state index contributed by atoms with van der Waals surface area (Å²) < 4.78 is 19.0. The molecule has 5 heteroatoms. The molecule has 2 aromatic rings. The Morgan fingerprint density at radius 2 is 2.09 bits per heavy atom. The topological polar surface area (TPSA) is 41.5 Å². The quantitative estimate of drug-likeness (QED) is 0.816. The number of halogens is 2. The molecule has 2 N–H and O–H groups in total. The molecular formula is C17H19ClFNO2. The lowest BCUT2D eigenvalue weighted by atomic mass is 10.1. The van der Waals surface area contributed by atoms with Gasteiger partial charge in [0.2, 0.25) is 0 Å². The number of nitrogens with one attached hydrogen (secondary N) is 1. The first-order valence-electron chi connectivity index (χ1n) is 7.15. The van der Waals surface area contributed by atoms with Crippen LogP contribution in [0.1, 0.15) is 24.1 Å². The Kier molecular flexibility index (Phi) is 6.19. The third kappa shape index (κ3) is 4.44. The van der Waals surface area contributed by atoms with Crippen LogP contribution >= 0.6 is 11.6 Å². The zero-order valence-electron chi connectivity index (χ0n) is 12.4. The van der Waals surface area contributed by atoms with Gasteiger partial charge in [-0.1, -0.05) is 29.8 Å². The Hall–Kier alpha value is -1.62. The molecule has 0 saturated carbocycles. The monoisotopic (exact) mass is 323 g/mol. The minimum Gasteiger partial charge on any atom is -0.494 e. The molecule has 0 bridgehead atoms. The van der Waals surface area contributed by atoms with E-state index in [9.17, 15) is 9.50 Å². The highest BCUT2D eigenvalue weighted by Gasteiger charge is 2.12. The smallest absolute Gasteiger partial charge is 0.142 e. The second kappa shape index (κ2) is 8.13. The maximum Gasteiger partial charge on any atom is 0.142 e. The van der Waals surface area contributed by atoms with Gasteiger partial charge in [0, 0.05) is 6.54 Å². The molecule has 0 aromatic heterocycles. The molecular weight excluding hydrogens is 305 g/mol. The average molecular weight is 324 g/mol. The summed E-state index contributed by atoms with van der Waals surface area (Å²) in [5.74, 6) is 0.317. The lowest BCUT2D eigenvalue weighted by Gasteiger charge is -2.17. The van der Waals surface area contributed by atoms with E-state index in [1.165, 1.54) is 12.1 Å². The maximum atomic E-state index is 13.5. The van der Waals surface area contributed by atoms with Crippen molar-refractivity contribution in [1.29, 1.82) is 0 Å². The van der Waals surface area contributed by atoms with Crippen molar-refractivity contribution in [3.8, 4) is 5.75 Å². The molecule has 3 nitrogen and oxygen atoms in total. The van der Waals surface area contributed by atoms with E-state index in [-0.39, 0.29) is 17.7 Å². The van der Waals surface area contributed by atoms with E-state index in [2.05, 4.69) is 5.32 Å². The van der Waals surface area contributed by atoms with Crippen LogP contribution in [0.5, 0.6) is 5.75 Å². The predicted molar refractivity (Wildman–Crippen MR) is 85.7 cm³/mol. The third-order valence-corrected chi connectivity index (χ3v) is 3.60. The minimum absolute atomic E-state index is 0.0739. The summed E-state index contributed by atoms with van der Waals surface area (Å²) in [4.78, 5) is 0. The Bertz CT molecular complexity index is 621. The predicted octanol–water partition coefficient (Wildman–Crippen LogP) is 3.70. The van der Waals surface area contributed by atoms with Crippen molar-refractivity contribution in [1.82, 2.24) is 5.32 Å². The van der Waals surface area contributed by atoms with Gasteiger partial charge >= 0.3 is 0 Å². The second-order valence-corrected chi connectivity index (χ2v) is 5.28. The summed E-state index contributed by atoms with van der Waals surface area (Å²) in [7, 11) is 0. The largest absolute Gasteiger partial charge is 0.494 e. The molecule has 2 aromatic carbocycles. The van der Waals surface area contributed by atoms with Crippen LogP contribution in [-0.2, 0) is 6.54 Å². The average Bonchev–Trinajstić information content (AvgIpc) is 2.52. The highest BCUT2D eigenvalue weighted by molar-refractivity contribution is 6.30. The molecule has 0 heterocycles. The summed E-state index contributed by atoms with van der Waals surface area (Å²) in [6, 6.07) is 11.9. The summed E-state index contributed by atoms with van der Waals surface area (Å²) >= 11 is 5.68. The lowest BCUT2D eigenvalue weighted by Crippen LogP contribution is -2.24. The normalized spacial score (nSPS) is 12.2. The summed E-state index contributed by atoms with van der Waals surface area (Å²) in [6.45, 7) is 2.95. The van der Waals surface area contributed by atoms with E-state index in [0.717, 1.165) is 11.3 Å². The molecule has 0 aliphatic rings. The van der Waals surface area contributed by atoms with Crippen LogP contribution in [0.3, 0.4) is 0 Å². The Morgan fingerprint density at radius 1 is 1.27 bits per heavy atom. The van der Waals surface area contributed by atoms with E-state index < -0.39 is 5.82 Å². The standard InChI is InChI=1S/C17H19ClFNO2/c1-2-22-14-5-3-4-12(8-14)10-20-17(11-21)13-6-7-15(18)16(19)9-13/h3-9,17,20-21H,2,10-11H2,1H3. The number of hydrogen-bond acceptors (Lipinski definition) is 3. The molecule has 0 amide bonds. The zero-order valence-corrected chi connectivity index (χ0v) is 13.1. The minimum atomic E-state index is -0.488. The summed E-state index contributed by atoms with van der Waals surface area (Å²) in [5.41, 5.74) is 1.68. The van der Waals surface area contributed by atoms with Crippen LogP contribution in [0.4, 0.5) is 4.39 Å². The van der Waals surface area contributed by atoms with Crippen LogP contribution in [0.2, 0.25) is 5.02 Å². The first kappa shape index (κ1) is 16.7. The molecule has 118 valence electrons. The number of aliphatic hydroxyl groups is 1. The first-order chi connectivity index (χ1) is 10.6. The van der Waals surface area contributed by atoms with Crippen molar-refractivity contribution in [2.24, 2.45) is 0 Å². The van der Waals surface area contributed by atoms with Gasteiger partial charge in [0.1, 0.15) is 11.6 Å². The third-order valence-electron chi connectivity index (χ3n) is 3.29. The van der Waals surface area contributed by atoms with Gasteiger partial charge < -0.3 is 15.2 Å². The number of rotatable bonds is 7. The molecule has 0 saturated heterocycles. The number of hydrogen-bond donors (Lipinski definition) is 2. The molecule has 0 aliphatic heterocycles. The maximum absolute atomic E-state index is 13.5. The molecule has 22 heavy (non-hydrogen) atoms. The van der Waals surface area contributed by atoms with Crippen LogP contribution in [0.15, 0.2) is 42.5 Å². The summed E-state index contributed by atoms with van der Waals surface area (Å²) in [5, 5.41) is 12.8. The highest BCUT2D eigenvalue weighted by atomic mass is 35.5. The van der Waals surface area contributed by atoms with Gasteiger partial charge in [0.05, 0.1) is 24.3 Å². The molecule has 0 radical (unpaired) electrons. The number of benzene rings is 2. The van der Waals surface area contributed by atoms with Crippen molar-refractivity contribution in [3.05, 3.63) is 64.4 Å². The van der Waals surface area contributed by atoms with Crippen molar-refractivity contribution in [2.45, 2.75) is 19.5 Å². The van der Waals surface area contributed by atoms with Gasteiger partial charge in [-0.25, -0.2) is 4.39 Å². The van der Waals surface area contributed by atoms with Crippen molar-refractivity contribution < 1.29 is 14.2 Å². The van der Waals surface area contributed by atoms with Crippen LogP contribution in [-0.4, -0.2) is 18.3 Å². The fourth-order valence-corrected chi connectivity index (χ4v) is 2.29. The lowest BCUT2D eigenvalue weighted by molar-refractivity contribution is 0.243. The molecule has 0 spiro atoms. The molecule has 1 atom stereocenters. The number of ether oxygens (including phenoxy) is 1. The summed E-state index contributed by atoms with van der Waals surface area (Å²) in [6.07, 6.45) is 0. The van der Waals surface area contributed by atoms with Crippen molar-refractivity contribution in [3.63, 3.8) is 0 Å². The Balaban J connectivity index is 2.04. The highest BCUT2D eigenvalue weighted by Crippen LogP contribution is 2.21. The molecule has 0 fully saturated rings. The van der Waals surface area contributed by atoms with E-state index in [0.29, 0.717) is 18.7 Å². The van der Waals surface area contributed by atoms with Crippen LogP contribution in [0.25, 0.3) is 0 Å². The van der Waals surface area contributed by atoms with Gasteiger partial charge in [-0.3, -0.25) is 0 Å². The Morgan fingerprint density at radius 3 is 2.77 bits per heavy atom. The number of aliphatic hydroxyl groups excluding tert-OH is 1. The van der Waals surface area contributed by atoms with Crippen molar-refractivity contribution in [2.75, 3.05) is 13.2 Å². The first-order valence-corrected chi connectivity index (χ1v) is 7.52. The van der Waals surface area contributed by atoms with Crippen LogP contribution in [0, 0.1) is 5.82 Å². The van der Waals surface area contributed by atoms with Gasteiger partial charge in [-0.15, -0.1) is 0 Å². The van der Waals surface area contributed by atoms with E-state index in [1.54, 1.807) is 6.07 Å². The van der Waals surface area contributed by atoms with Gasteiger partial charge in [-0.05, 0) is 42.3 Å². The fraction of sp³-hybridized carbons (Fsp3) is 0.294. The molecule has 2 rings (SSSR count).